The fourth-order valence-corrected chi connectivity index (χ4v) is 2.06. The van der Waals surface area contributed by atoms with Gasteiger partial charge in [0, 0.05) is 17.8 Å². The second-order valence-corrected chi connectivity index (χ2v) is 4.33. The quantitative estimate of drug-likeness (QED) is 0.721. The largest absolute Gasteiger partial charge is 0.479 e. The highest BCUT2D eigenvalue weighted by Gasteiger charge is 2.18. The molecular formula is C14H23FN2O. The summed E-state index contributed by atoms with van der Waals surface area (Å²) in [5.74, 6) is -0.270. The van der Waals surface area contributed by atoms with E-state index in [0.717, 1.165) is 19.4 Å². The van der Waals surface area contributed by atoms with E-state index in [1.54, 1.807) is 12.3 Å². The Bertz CT molecular complexity index is 358. The molecule has 18 heavy (non-hydrogen) atoms. The van der Waals surface area contributed by atoms with E-state index in [1.807, 2.05) is 6.92 Å². The van der Waals surface area contributed by atoms with Crippen molar-refractivity contribution in [3.63, 3.8) is 0 Å². The molecule has 0 aromatic carbocycles. The predicted molar refractivity (Wildman–Crippen MR) is 71.3 cm³/mol. The summed E-state index contributed by atoms with van der Waals surface area (Å²) in [5, 5.41) is 3.33. The molecule has 1 aromatic heterocycles. The van der Waals surface area contributed by atoms with E-state index < -0.39 is 0 Å². The van der Waals surface area contributed by atoms with Gasteiger partial charge in [-0.1, -0.05) is 33.1 Å². The van der Waals surface area contributed by atoms with Crippen LogP contribution in [-0.4, -0.2) is 18.6 Å². The number of nitrogens with one attached hydrogen (secondary N) is 1. The Labute approximate surface area is 109 Å². The Morgan fingerprint density at radius 3 is 2.78 bits per heavy atom. The molecule has 1 rings (SSSR count). The maximum Gasteiger partial charge on any atom is 0.250 e. The van der Waals surface area contributed by atoms with Crippen LogP contribution in [0.2, 0.25) is 0 Å². The highest BCUT2D eigenvalue weighted by Crippen LogP contribution is 2.26. The number of methoxy groups -OCH3 is 1. The lowest BCUT2D eigenvalue weighted by Crippen LogP contribution is -2.22. The van der Waals surface area contributed by atoms with Crippen molar-refractivity contribution in [2.24, 2.45) is 0 Å². The summed E-state index contributed by atoms with van der Waals surface area (Å²) in [6.07, 6.45) is 5.97. The van der Waals surface area contributed by atoms with E-state index in [2.05, 4.69) is 17.2 Å². The van der Waals surface area contributed by atoms with E-state index in [4.69, 9.17) is 4.74 Å². The molecule has 1 unspecified atom stereocenters. The number of hydrogen-bond acceptors (Lipinski definition) is 3. The van der Waals surface area contributed by atoms with Crippen LogP contribution in [-0.2, 0) is 0 Å². The lowest BCUT2D eigenvalue weighted by atomic mass is 10.0. The third-order valence-corrected chi connectivity index (χ3v) is 3.00. The maximum absolute atomic E-state index is 14.1. The molecule has 0 fully saturated rings. The van der Waals surface area contributed by atoms with E-state index in [-0.39, 0.29) is 17.7 Å². The first-order chi connectivity index (χ1) is 8.74. The Morgan fingerprint density at radius 2 is 2.17 bits per heavy atom. The third kappa shape index (κ3) is 3.95. The topological polar surface area (TPSA) is 34.2 Å². The van der Waals surface area contributed by atoms with Gasteiger partial charge in [-0.25, -0.2) is 9.37 Å². The van der Waals surface area contributed by atoms with Crippen molar-refractivity contribution in [3.8, 4) is 5.88 Å². The van der Waals surface area contributed by atoms with Gasteiger partial charge < -0.3 is 10.1 Å². The molecule has 1 N–H and O–H groups in total. The summed E-state index contributed by atoms with van der Waals surface area (Å²) in [7, 11) is 1.44. The minimum absolute atomic E-state index is 0.0402. The van der Waals surface area contributed by atoms with Gasteiger partial charge in [0.15, 0.2) is 5.82 Å². The lowest BCUT2D eigenvalue weighted by Gasteiger charge is -2.19. The van der Waals surface area contributed by atoms with Crippen LogP contribution in [0.15, 0.2) is 12.3 Å². The van der Waals surface area contributed by atoms with Gasteiger partial charge in [0.2, 0.25) is 5.88 Å². The van der Waals surface area contributed by atoms with Crippen LogP contribution in [0.25, 0.3) is 0 Å². The minimum Gasteiger partial charge on any atom is -0.479 e. The van der Waals surface area contributed by atoms with Crippen LogP contribution < -0.4 is 10.1 Å². The second kappa shape index (κ2) is 8.03. The van der Waals surface area contributed by atoms with E-state index >= 15 is 0 Å². The van der Waals surface area contributed by atoms with Gasteiger partial charge in [-0.2, -0.15) is 0 Å². The van der Waals surface area contributed by atoms with Crippen LogP contribution in [0.1, 0.15) is 51.1 Å². The van der Waals surface area contributed by atoms with Crippen molar-refractivity contribution in [1.82, 2.24) is 10.3 Å². The molecule has 0 bridgehead atoms. The molecule has 4 heteroatoms. The van der Waals surface area contributed by atoms with Crippen LogP contribution in [0.5, 0.6) is 5.88 Å². The second-order valence-electron chi connectivity index (χ2n) is 4.33. The normalized spacial score (nSPS) is 12.4. The van der Waals surface area contributed by atoms with Gasteiger partial charge in [0.25, 0.3) is 0 Å². The summed E-state index contributed by atoms with van der Waals surface area (Å²) in [6.45, 7) is 5.02. The number of pyridine rings is 1. The fraction of sp³-hybridized carbons (Fsp3) is 0.643. The summed E-state index contributed by atoms with van der Waals surface area (Å²) in [4.78, 5) is 3.87. The maximum atomic E-state index is 14.1. The summed E-state index contributed by atoms with van der Waals surface area (Å²) in [6, 6.07) is 1.77. The van der Waals surface area contributed by atoms with Crippen molar-refractivity contribution in [2.75, 3.05) is 13.7 Å². The first-order valence-corrected chi connectivity index (χ1v) is 6.66. The molecule has 0 radical (unpaired) electrons. The molecule has 0 spiro atoms. The van der Waals surface area contributed by atoms with Crippen molar-refractivity contribution < 1.29 is 9.13 Å². The SMILES string of the molecule is CCCCCC(NCC)c1ccnc(OC)c1F. The van der Waals surface area contributed by atoms with Crippen LogP contribution >= 0.6 is 0 Å². The molecule has 0 aliphatic heterocycles. The van der Waals surface area contributed by atoms with Crippen LogP contribution in [0.3, 0.4) is 0 Å². The molecule has 1 heterocycles. The van der Waals surface area contributed by atoms with Crippen molar-refractivity contribution >= 4 is 0 Å². The first kappa shape index (κ1) is 14.9. The predicted octanol–water partition coefficient (Wildman–Crippen LogP) is 3.46. The first-order valence-electron chi connectivity index (χ1n) is 6.66. The Kier molecular flexibility index (Phi) is 6.65. The van der Waals surface area contributed by atoms with E-state index in [1.165, 1.54) is 20.0 Å². The fourth-order valence-electron chi connectivity index (χ4n) is 2.06. The van der Waals surface area contributed by atoms with Gasteiger partial charge in [-0.15, -0.1) is 0 Å². The Hall–Kier alpha value is -1.16. The average Bonchev–Trinajstić information content (AvgIpc) is 2.38. The number of ether oxygens (including phenoxy) is 1. The number of halogens is 1. The molecule has 102 valence electrons. The van der Waals surface area contributed by atoms with Crippen LogP contribution in [0.4, 0.5) is 4.39 Å². The molecule has 3 nitrogen and oxygen atoms in total. The molecule has 0 amide bonds. The zero-order chi connectivity index (χ0) is 13.4. The summed E-state index contributed by atoms with van der Waals surface area (Å²) in [5.41, 5.74) is 0.653. The third-order valence-electron chi connectivity index (χ3n) is 3.00. The van der Waals surface area contributed by atoms with Crippen molar-refractivity contribution in [2.45, 2.75) is 45.6 Å². The smallest absolute Gasteiger partial charge is 0.250 e. The molecule has 0 saturated carbocycles. The standard InChI is InChI=1S/C14H23FN2O/c1-4-6-7-8-12(16-5-2)11-9-10-17-14(18-3)13(11)15/h9-10,12,16H,4-8H2,1-3H3. The van der Waals surface area contributed by atoms with Crippen LogP contribution in [0, 0.1) is 5.82 Å². The number of rotatable bonds is 8. The zero-order valence-corrected chi connectivity index (χ0v) is 11.5. The lowest BCUT2D eigenvalue weighted by molar-refractivity contribution is 0.360. The number of hydrogen-bond donors (Lipinski definition) is 1. The van der Waals surface area contributed by atoms with Gasteiger partial charge in [0.05, 0.1) is 7.11 Å². The molecular weight excluding hydrogens is 231 g/mol. The molecule has 0 aliphatic carbocycles. The average molecular weight is 254 g/mol. The number of aromatic nitrogens is 1. The molecule has 0 saturated heterocycles. The summed E-state index contributed by atoms with van der Waals surface area (Å²) < 4.78 is 19.1. The zero-order valence-electron chi connectivity index (χ0n) is 11.5. The molecule has 1 atom stereocenters. The van der Waals surface area contributed by atoms with Gasteiger partial charge in [-0.3, -0.25) is 0 Å². The highest BCUT2D eigenvalue weighted by molar-refractivity contribution is 5.26. The van der Waals surface area contributed by atoms with Crippen molar-refractivity contribution in [3.05, 3.63) is 23.6 Å². The highest BCUT2D eigenvalue weighted by atomic mass is 19.1. The molecule has 1 aromatic rings. The minimum atomic E-state index is -0.345. The Balaban J connectivity index is 2.83. The van der Waals surface area contributed by atoms with Gasteiger partial charge in [0.1, 0.15) is 0 Å². The Morgan fingerprint density at radius 1 is 1.39 bits per heavy atom. The van der Waals surface area contributed by atoms with Gasteiger partial charge in [-0.05, 0) is 19.0 Å². The number of nitrogens with zero attached hydrogens (tertiary/aromatic N) is 1. The van der Waals surface area contributed by atoms with E-state index in [0.29, 0.717) is 5.56 Å². The van der Waals surface area contributed by atoms with E-state index in [9.17, 15) is 4.39 Å². The monoisotopic (exact) mass is 254 g/mol. The van der Waals surface area contributed by atoms with Crippen molar-refractivity contribution in [1.29, 1.82) is 0 Å². The van der Waals surface area contributed by atoms with Gasteiger partial charge >= 0.3 is 0 Å². The summed E-state index contributed by atoms with van der Waals surface area (Å²) >= 11 is 0. The number of unbranched alkanes of at least 4 members (excludes halogenated alkanes) is 2. The molecule has 0 aliphatic rings.